The molecule has 1 heterocycles. The number of aryl methyl sites for hydroxylation is 1. The van der Waals surface area contributed by atoms with Crippen LogP contribution in [0.15, 0.2) is 34.9 Å². The van der Waals surface area contributed by atoms with Gasteiger partial charge in [0.1, 0.15) is 0 Å². The van der Waals surface area contributed by atoms with Crippen LogP contribution in [-0.4, -0.2) is 9.55 Å². The molecule has 4 heteroatoms. The lowest BCUT2D eigenvalue weighted by atomic mass is 10.3. The van der Waals surface area contributed by atoms with Crippen LogP contribution in [0.4, 0.5) is 11.6 Å². The molecule has 17 heavy (non-hydrogen) atoms. The average molecular weight is 294 g/mol. The fourth-order valence-corrected chi connectivity index (χ4v) is 1.93. The lowest BCUT2D eigenvalue weighted by Gasteiger charge is -2.12. The van der Waals surface area contributed by atoms with E-state index in [1.807, 2.05) is 31.2 Å². The van der Waals surface area contributed by atoms with Crippen LogP contribution >= 0.6 is 15.9 Å². The second kappa shape index (κ2) is 4.92. The summed E-state index contributed by atoms with van der Waals surface area (Å²) in [6, 6.07) is 8.47. The van der Waals surface area contributed by atoms with E-state index in [0.29, 0.717) is 6.04 Å². The maximum absolute atomic E-state index is 4.49. The number of halogens is 1. The molecule has 0 saturated heterocycles. The summed E-state index contributed by atoms with van der Waals surface area (Å²) in [7, 11) is 0. The van der Waals surface area contributed by atoms with Gasteiger partial charge in [0.2, 0.25) is 5.95 Å². The number of nitrogens with one attached hydrogen (secondary N) is 1. The molecule has 1 N–H and O–H groups in total. The first-order valence-electron chi connectivity index (χ1n) is 5.64. The minimum atomic E-state index is 0.397. The highest BCUT2D eigenvalue weighted by Gasteiger charge is 2.08. The van der Waals surface area contributed by atoms with Crippen LogP contribution in [0.1, 0.15) is 25.6 Å². The van der Waals surface area contributed by atoms with Crippen LogP contribution in [0.2, 0.25) is 0 Å². The van der Waals surface area contributed by atoms with Crippen LogP contribution in [0.25, 0.3) is 0 Å². The van der Waals surface area contributed by atoms with Crippen LogP contribution in [-0.2, 0) is 0 Å². The number of hydrogen-bond acceptors (Lipinski definition) is 2. The predicted molar refractivity (Wildman–Crippen MR) is 74.8 cm³/mol. The number of aromatic nitrogens is 2. The first kappa shape index (κ1) is 12.2. The molecule has 2 aromatic rings. The highest BCUT2D eigenvalue weighted by molar-refractivity contribution is 9.10. The normalized spacial score (nSPS) is 10.9. The third-order valence-corrected chi connectivity index (χ3v) is 3.04. The third-order valence-electron chi connectivity index (χ3n) is 2.51. The Morgan fingerprint density at radius 1 is 1.24 bits per heavy atom. The predicted octanol–water partition coefficient (Wildman–Crippen LogP) is 4.28. The van der Waals surface area contributed by atoms with Gasteiger partial charge in [0.25, 0.3) is 0 Å². The highest BCUT2D eigenvalue weighted by atomic mass is 79.9. The van der Waals surface area contributed by atoms with Crippen molar-refractivity contribution in [3.05, 3.63) is 40.6 Å². The molecule has 0 unspecified atom stereocenters. The Kier molecular flexibility index (Phi) is 3.52. The monoisotopic (exact) mass is 293 g/mol. The van der Waals surface area contributed by atoms with Gasteiger partial charge < -0.3 is 9.88 Å². The second-order valence-corrected chi connectivity index (χ2v) is 5.25. The standard InChI is InChI=1S/C13H16BrN3/c1-9(2)17-8-10(3)15-13(17)16-12-6-4-11(14)5-7-12/h4-9H,1-3H3,(H,15,16). The van der Waals surface area contributed by atoms with Gasteiger partial charge in [-0.25, -0.2) is 4.98 Å². The van der Waals surface area contributed by atoms with Crippen molar-refractivity contribution < 1.29 is 0 Å². The maximum Gasteiger partial charge on any atom is 0.207 e. The minimum Gasteiger partial charge on any atom is -0.326 e. The van der Waals surface area contributed by atoms with E-state index in [9.17, 15) is 0 Å². The number of imidazole rings is 1. The van der Waals surface area contributed by atoms with Gasteiger partial charge in [-0.15, -0.1) is 0 Å². The van der Waals surface area contributed by atoms with Crippen molar-refractivity contribution >= 4 is 27.6 Å². The largest absolute Gasteiger partial charge is 0.326 e. The quantitative estimate of drug-likeness (QED) is 0.915. The van der Waals surface area contributed by atoms with E-state index in [0.717, 1.165) is 21.8 Å². The summed E-state index contributed by atoms with van der Waals surface area (Å²) in [5, 5.41) is 3.33. The van der Waals surface area contributed by atoms with Crippen LogP contribution in [0, 0.1) is 6.92 Å². The van der Waals surface area contributed by atoms with Crippen molar-refractivity contribution in [1.29, 1.82) is 0 Å². The molecule has 0 aliphatic heterocycles. The van der Waals surface area contributed by atoms with Gasteiger partial charge in [-0.05, 0) is 45.0 Å². The van der Waals surface area contributed by atoms with Gasteiger partial charge in [0.15, 0.2) is 0 Å². The average Bonchev–Trinajstić information content (AvgIpc) is 2.63. The smallest absolute Gasteiger partial charge is 0.207 e. The lowest BCUT2D eigenvalue weighted by Crippen LogP contribution is -2.04. The summed E-state index contributed by atoms with van der Waals surface area (Å²) < 4.78 is 3.21. The number of benzene rings is 1. The van der Waals surface area contributed by atoms with Crippen LogP contribution in [0.3, 0.4) is 0 Å². The molecular weight excluding hydrogens is 278 g/mol. The molecule has 0 bridgehead atoms. The molecule has 0 aliphatic carbocycles. The zero-order valence-electron chi connectivity index (χ0n) is 10.2. The molecule has 0 spiro atoms. The zero-order chi connectivity index (χ0) is 12.4. The maximum atomic E-state index is 4.49. The molecule has 1 aromatic carbocycles. The number of anilines is 2. The van der Waals surface area contributed by atoms with Crippen molar-refractivity contribution in [2.75, 3.05) is 5.32 Å². The van der Waals surface area contributed by atoms with Gasteiger partial charge in [-0.3, -0.25) is 0 Å². The molecule has 0 aliphatic rings. The third kappa shape index (κ3) is 2.88. The molecule has 90 valence electrons. The first-order valence-corrected chi connectivity index (χ1v) is 6.43. The van der Waals surface area contributed by atoms with Gasteiger partial charge in [-0.2, -0.15) is 0 Å². The second-order valence-electron chi connectivity index (χ2n) is 4.34. The summed E-state index contributed by atoms with van der Waals surface area (Å²) in [5.74, 6) is 0.889. The van der Waals surface area contributed by atoms with Crippen LogP contribution in [0.5, 0.6) is 0 Å². The van der Waals surface area contributed by atoms with E-state index in [1.54, 1.807) is 0 Å². The molecular formula is C13H16BrN3. The van der Waals surface area contributed by atoms with E-state index in [-0.39, 0.29) is 0 Å². The molecule has 0 atom stereocenters. The summed E-state index contributed by atoms with van der Waals surface area (Å²) >= 11 is 3.42. The van der Waals surface area contributed by atoms with Gasteiger partial charge in [-0.1, -0.05) is 15.9 Å². The Balaban J connectivity index is 2.26. The Morgan fingerprint density at radius 2 is 1.88 bits per heavy atom. The molecule has 0 fully saturated rings. The first-order chi connectivity index (χ1) is 8.06. The molecule has 0 amide bonds. The van der Waals surface area contributed by atoms with Crippen LogP contribution < -0.4 is 5.32 Å². The lowest BCUT2D eigenvalue weighted by molar-refractivity contribution is 0.607. The molecule has 2 rings (SSSR count). The van der Waals surface area contributed by atoms with Crippen molar-refractivity contribution in [3.63, 3.8) is 0 Å². The highest BCUT2D eigenvalue weighted by Crippen LogP contribution is 2.21. The zero-order valence-corrected chi connectivity index (χ0v) is 11.8. The Labute approximate surface area is 110 Å². The fourth-order valence-electron chi connectivity index (χ4n) is 1.66. The minimum absolute atomic E-state index is 0.397. The summed E-state index contributed by atoms with van der Waals surface area (Å²) in [6.07, 6.45) is 2.06. The topological polar surface area (TPSA) is 29.9 Å². The van der Waals surface area contributed by atoms with E-state index >= 15 is 0 Å². The molecule has 1 aromatic heterocycles. The van der Waals surface area contributed by atoms with Gasteiger partial charge in [0, 0.05) is 22.4 Å². The van der Waals surface area contributed by atoms with E-state index < -0.39 is 0 Å². The summed E-state index contributed by atoms with van der Waals surface area (Å²) in [5.41, 5.74) is 2.07. The van der Waals surface area contributed by atoms with E-state index in [2.05, 4.69) is 50.8 Å². The number of hydrogen-bond donors (Lipinski definition) is 1. The Morgan fingerprint density at radius 3 is 2.47 bits per heavy atom. The summed E-state index contributed by atoms with van der Waals surface area (Å²) in [4.78, 5) is 4.49. The van der Waals surface area contributed by atoms with E-state index in [4.69, 9.17) is 0 Å². The fraction of sp³-hybridized carbons (Fsp3) is 0.308. The Hall–Kier alpha value is -1.29. The number of rotatable bonds is 3. The van der Waals surface area contributed by atoms with Gasteiger partial charge >= 0.3 is 0 Å². The van der Waals surface area contributed by atoms with Gasteiger partial charge in [0.05, 0.1) is 5.69 Å². The van der Waals surface area contributed by atoms with Crippen molar-refractivity contribution in [1.82, 2.24) is 9.55 Å². The molecule has 0 radical (unpaired) electrons. The Bertz CT molecular complexity index is 500. The number of nitrogens with zero attached hydrogens (tertiary/aromatic N) is 2. The van der Waals surface area contributed by atoms with Crippen molar-refractivity contribution in [3.8, 4) is 0 Å². The van der Waals surface area contributed by atoms with E-state index in [1.165, 1.54) is 0 Å². The molecule has 3 nitrogen and oxygen atoms in total. The van der Waals surface area contributed by atoms with Crippen molar-refractivity contribution in [2.24, 2.45) is 0 Å². The summed E-state index contributed by atoms with van der Waals surface area (Å²) in [6.45, 7) is 6.30. The SMILES string of the molecule is Cc1cn(C(C)C)c(Nc2ccc(Br)cc2)n1. The molecule has 0 saturated carbocycles. The van der Waals surface area contributed by atoms with Crippen molar-refractivity contribution in [2.45, 2.75) is 26.8 Å².